The first kappa shape index (κ1) is 25.9. The Kier molecular flexibility index (Phi) is 6.10. The summed E-state index contributed by atoms with van der Waals surface area (Å²) in [6.07, 6.45) is 2.16. The molecule has 1 aliphatic carbocycles. The highest BCUT2D eigenvalue weighted by Crippen LogP contribution is 2.47. The van der Waals surface area contributed by atoms with Gasteiger partial charge in [-0.1, -0.05) is 12.1 Å². The van der Waals surface area contributed by atoms with Crippen molar-refractivity contribution in [3.63, 3.8) is 0 Å². The van der Waals surface area contributed by atoms with Crippen molar-refractivity contribution in [1.29, 1.82) is 0 Å². The molecule has 2 amide bonds. The average molecular weight is 549 g/mol. The van der Waals surface area contributed by atoms with Crippen molar-refractivity contribution in [3.05, 3.63) is 58.0 Å². The van der Waals surface area contributed by atoms with Crippen LogP contribution in [0.15, 0.2) is 41.2 Å². The molecule has 0 unspecified atom stereocenters. The molecule has 0 radical (unpaired) electrons. The average Bonchev–Trinajstić information content (AvgIpc) is 3.58. The molecule has 3 heterocycles. The van der Waals surface area contributed by atoms with Crippen LogP contribution in [0.4, 0.5) is 4.79 Å². The number of aromatic amines is 1. The summed E-state index contributed by atoms with van der Waals surface area (Å²) in [5, 5.41) is 26.8. The van der Waals surface area contributed by atoms with Gasteiger partial charge in [0, 0.05) is 44.0 Å². The van der Waals surface area contributed by atoms with Crippen molar-refractivity contribution < 1.29 is 24.5 Å². The lowest BCUT2D eigenvalue weighted by Gasteiger charge is -2.54. The molecule has 5 N–H and O–H groups in total. The number of phenolic OH excluding ortho intramolecular Hbond substituents is 2. The number of ether oxygens (including phenoxy) is 1. The van der Waals surface area contributed by atoms with E-state index >= 15 is 0 Å². The quantitative estimate of drug-likeness (QED) is 0.363. The van der Waals surface area contributed by atoms with E-state index in [1.807, 2.05) is 24.3 Å². The fraction of sp³-hybridized carbons (Fsp3) is 0.429. The number of nitrogens with one attached hydrogen (secondary N) is 1. The molecule has 0 bridgehead atoms. The molecule has 6 rings (SSSR count). The third kappa shape index (κ3) is 4.57. The number of carbonyl (C=O) groups excluding carboxylic acids is 2. The molecule has 1 aromatic heterocycles. The van der Waals surface area contributed by atoms with Crippen LogP contribution in [0.25, 0.3) is 17.1 Å². The number of likely N-dealkylation sites (tertiary alicyclic amines) is 2. The van der Waals surface area contributed by atoms with Crippen LogP contribution in [0.2, 0.25) is 0 Å². The third-order valence-corrected chi connectivity index (χ3v) is 8.47. The zero-order valence-corrected chi connectivity index (χ0v) is 22.2. The number of hydrogen-bond donors (Lipinski definition) is 4. The Morgan fingerprint density at radius 2 is 1.73 bits per heavy atom. The van der Waals surface area contributed by atoms with E-state index in [1.54, 1.807) is 17.9 Å². The molecule has 210 valence electrons. The second kappa shape index (κ2) is 9.40. The maximum atomic E-state index is 12.8. The van der Waals surface area contributed by atoms with Crippen LogP contribution in [-0.4, -0.2) is 78.6 Å². The molecule has 1 spiro atoms. The summed E-state index contributed by atoms with van der Waals surface area (Å²) in [4.78, 5) is 40.7. The second-order valence-corrected chi connectivity index (χ2v) is 11.4. The lowest BCUT2D eigenvalue weighted by atomic mass is 9.71. The SMILES string of the molecule is Cc1cc(-c2n[nH]c(=O)n2-c2ccc(CN3CCC4(CC3)CN(C(=O)C3(OC(N)=O)CC3)C4)cc2)c(O)cc1O. The van der Waals surface area contributed by atoms with Crippen LogP contribution >= 0.6 is 0 Å². The lowest BCUT2D eigenvalue weighted by molar-refractivity contribution is -0.158. The van der Waals surface area contributed by atoms with E-state index in [2.05, 4.69) is 15.1 Å². The van der Waals surface area contributed by atoms with Gasteiger partial charge in [-0.2, -0.15) is 5.10 Å². The topological polar surface area (TPSA) is 167 Å². The van der Waals surface area contributed by atoms with E-state index in [-0.39, 0.29) is 28.6 Å². The third-order valence-electron chi connectivity index (χ3n) is 8.47. The molecule has 12 nitrogen and oxygen atoms in total. The van der Waals surface area contributed by atoms with E-state index < -0.39 is 17.4 Å². The Morgan fingerprint density at radius 1 is 1.05 bits per heavy atom. The van der Waals surface area contributed by atoms with Gasteiger partial charge in [0.1, 0.15) is 11.5 Å². The molecule has 3 aromatic rings. The van der Waals surface area contributed by atoms with Crippen molar-refractivity contribution in [2.75, 3.05) is 26.2 Å². The van der Waals surface area contributed by atoms with E-state index in [0.29, 0.717) is 42.7 Å². The van der Waals surface area contributed by atoms with E-state index in [4.69, 9.17) is 10.5 Å². The maximum Gasteiger partial charge on any atom is 0.405 e. The van der Waals surface area contributed by atoms with E-state index in [1.165, 1.54) is 10.6 Å². The first-order valence-corrected chi connectivity index (χ1v) is 13.4. The first-order valence-electron chi connectivity index (χ1n) is 13.4. The zero-order valence-electron chi connectivity index (χ0n) is 22.2. The summed E-state index contributed by atoms with van der Waals surface area (Å²) in [7, 11) is 0. The van der Waals surface area contributed by atoms with E-state index in [0.717, 1.165) is 38.0 Å². The Balaban J connectivity index is 1.07. The molecule has 2 aliphatic heterocycles. The number of rotatable bonds is 6. The van der Waals surface area contributed by atoms with Gasteiger partial charge in [0.05, 0.1) is 11.3 Å². The molecule has 0 atom stereocenters. The van der Waals surface area contributed by atoms with Crippen LogP contribution in [0.3, 0.4) is 0 Å². The Labute approximate surface area is 230 Å². The van der Waals surface area contributed by atoms with Gasteiger partial charge in [0.15, 0.2) is 11.4 Å². The van der Waals surface area contributed by atoms with Gasteiger partial charge in [-0.15, -0.1) is 0 Å². The summed E-state index contributed by atoms with van der Waals surface area (Å²) >= 11 is 0. The van der Waals surface area contributed by atoms with E-state index in [9.17, 15) is 24.6 Å². The monoisotopic (exact) mass is 548 g/mol. The number of amides is 2. The highest BCUT2D eigenvalue weighted by molar-refractivity contribution is 5.91. The standard InChI is InChI=1S/C28H32N6O6/c1-17-12-20(22(36)13-21(17)35)23-30-31-26(39)34(23)19-4-2-18(3-5-19)14-32-10-8-27(9-11-32)15-33(16-27)24(37)28(6-7-28)40-25(29)38/h2-5,12-13,35-36H,6-11,14-16H2,1H3,(H2,29,38)(H,31,39). The predicted molar refractivity (Wildman–Crippen MR) is 144 cm³/mol. The second-order valence-electron chi connectivity index (χ2n) is 11.4. The van der Waals surface area contributed by atoms with Gasteiger partial charge >= 0.3 is 11.8 Å². The predicted octanol–water partition coefficient (Wildman–Crippen LogP) is 2.00. The number of phenols is 2. The number of aryl methyl sites for hydroxylation is 1. The van der Waals surface area contributed by atoms with Gasteiger partial charge in [-0.05, 0) is 62.2 Å². The van der Waals surface area contributed by atoms with Crippen molar-refractivity contribution >= 4 is 12.0 Å². The van der Waals surface area contributed by atoms with Gasteiger partial charge in [0.25, 0.3) is 5.91 Å². The minimum absolute atomic E-state index is 0.0387. The van der Waals surface area contributed by atoms with Crippen molar-refractivity contribution in [2.24, 2.45) is 11.1 Å². The first-order chi connectivity index (χ1) is 19.1. The number of hydrogen-bond acceptors (Lipinski definition) is 8. The molecule has 12 heteroatoms. The minimum Gasteiger partial charge on any atom is -0.508 e. The largest absolute Gasteiger partial charge is 0.508 e. The molecule has 1 saturated carbocycles. The highest BCUT2D eigenvalue weighted by Gasteiger charge is 2.59. The summed E-state index contributed by atoms with van der Waals surface area (Å²) in [6, 6.07) is 10.5. The van der Waals surface area contributed by atoms with Gasteiger partial charge in [-0.3, -0.25) is 9.69 Å². The number of nitrogens with zero attached hydrogens (tertiary/aromatic N) is 4. The number of benzene rings is 2. The molecule has 2 aromatic carbocycles. The molecule has 2 saturated heterocycles. The Morgan fingerprint density at radius 3 is 2.35 bits per heavy atom. The summed E-state index contributed by atoms with van der Waals surface area (Å²) in [6.45, 7) is 5.68. The highest BCUT2D eigenvalue weighted by atomic mass is 16.6. The zero-order chi connectivity index (χ0) is 28.2. The fourth-order valence-electron chi connectivity index (χ4n) is 5.95. The molecule has 3 fully saturated rings. The van der Waals surface area contributed by atoms with Crippen molar-refractivity contribution in [3.8, 4) is 28.6 Å². The summed E-state index contributed by atoms with van der Waals surface area (Å²) in [5.41, 5.74) is 6.41. The molecular weight excluding hydrogens is 516 g/mol. The Hall–Kier alpha value is -4.32. The van der Waals surface area contributed by atoms with Crippen LogP contribution in [0.1, 0.15) is 36.8 Å². The fourth-order valence-corrected chi connectivity index (χ4v) is 5.95. The van der Waals surface area contributed by atoms with Crippen LogP contribution in [0, 0.1) is 12.3 Å². The number of aromatic nitrogens is 3. The van der Waals surface area contributed by atoms with Crippen LogP contribution in [-0.2, 0) is 16.1 Å². The van der Waals surface area contributed by atoms with Crippen molar-refractivity contribution in [2.45, 2.75) is 44.8 Å². The summed E-state index contributed by atoms with van der Waals surface area (Å²) < 4.78 is 6.50. The molecular formula is C28H32N6O6. The van der Waals surface area contributed by atoms with Gasteiger partial charge < -0.3 is 25.6 Å². The maximum absolute atomic E-state index is 12.8. The van der Waals surface area contributed by atoms with Gasteiger partial charge in [-0.25, -0.2) is 19.3 Å². The minimum atomic E-state index is -1.02. The lowest BCUT2D eigenvalue weighted by Crippen LogP contribution is -2.64. The molecule has 40 heavy (non-hydrogen) atoms. The number of nitrogens with two attached hydrogens (primary N) is 1. The van der Waals surface area contributed by atoms with Gasteiger partial charge in [0.2, 0.25) is 0 Å². The molecule has 3 aliphatic rings. The Bertz CT molecular complexity index is 1520. The number of carbonyl (C=O) groups is 2. The number of piperidine rings is 1. The smallest absolute Gasteiger partial charge is 0.405 e. The number of aromatic hydroxyl groups is 2. The number of H-pyrrole nitrogens is 1. The normalized spacial score (nSPS) is 19.3. The van der Waals surface area contributed by atoms with Crippen LogP contribution in [0.5, 0.6) is 11.5 Å². The van der Waals surface area contributed by atoms with Crippen molar-refractivity contribution in [1.82, 2.24) is 24.6 Å². The number of primary amides is 1. The van der Waals surface area contributed by atoms with Crippen LogP contribution < -0.4 is 11.4 Å². The summed E-state index contributed by atoms with van der Waals surface area (Å²) in [5.74, 6) is -0.0762.